The minimum Gasteiger partial charge on any atom is -0.342 e. The van der Waals surface area contributed by atoms with Crippen LogP contribution in [0.1, 0.15) is 25.5 Å². The van der Waals surface area contributed by atoms with Gasteiger partial charge in [0.1, 0.15) is 0 Å². The Labute approximate surface area is 139 Å². The largest absolute Gasteiger partial charge is 0.342 e. The molecule has 2 aliphatic rings. The Hall–Kier alpha value is -1.99. The molecule has 2 aliphatic heterocycles. The smallest absolute Gasteiger partial charge is 0.266 e. The maximum Gasteiger partial charge on any atom is 0.266 e. The number of alkyl halides is 2. The van der Waals surface area contributed by atoms with Gasteiger partial charge in [0.15, 0.2) is 0 Å². The van der Waals surface area contributed by atoms with Gasteiger partial charge in [0.2, 0.25) is 11.8 Å². The second kappa shape index (κ2) is 5.82. The molecule has 0 aromatic carbocycles. The van der Waals surface area contributed by atoms with E-state index in [1.807, 2.05) is 6.92 Å². The third kappa shape index (κ3) is 3.01. The van der Waals surface area contributed by atoms with Gasteiger partial charge in [0, 0.05) is 39.3 Å². The van der Waals surface area contributed by atoms with Crippen molar-refractivity contribution in [2.24, 2.45) is 12.5 Å². The zero-order chi connectivity index (χ0) is 17.5. The van der Waals surface area contributed by atoms with Crippen LogP contribution in [0.5, 0.6) is 0 Å². The molecule has 0 N–H and O–H groups in total. The highest BCUT2D eigenvalue weighted by Gasteiger charge is 2.57. The summed E-state index contributed by atoms with van der Waals surface area (Å²) >= 11 is 0. The van der Waals surface area contributed by atoms with Crippen molar-refractivity contribution in [2.45, 2.75) is 32.1 Å². The van der Waals surface area contributed by atoms with Crippen LogP contribution in [-0.4, -0.2) is 63.5 Å². The second-order valence-electron chi connectivity index (χ2n) is 6.86. The fraction of sp³-hybridized carbons (Fsp3) is 0.688. The van der Waals surface area contributed by atoms with E-state index in [-0.39, 0.29) is 18.9 Å². The van der Waals surface area contributed by atoms with Gasteiger partial charge < -0.3 is 9.80 Å². The van der Waals surface area contributed by atoms with Crippen molar-refractivity contribution >= 4 is 11.8 Å². The Morgan fingerprint density at radius 1 is 1.38 bits per heavy atom. The van der Waals surface area contributed by atoms with E-state index in [1.54, 1.807) is 28.9 Å². The lowest BCUT2D eigenvalue weighted by molar-refractivity contribution is -0.162. The van der Waals surface area contributed by atoms with Gasteiger partial charge in [-0.3, -0.25) is 14.3 Å². The normalized spacial score (nSPS) is 26.4. The molecule has 24 heavy (non-hydrogen) atoms. The summed E-state index contributed by atoms with van der Waals surface area (Å²) in [7, 11) is 1.73. The zero-order valence-electron chi connectivity index (χ0n) is 14.0. The van der Waals surface area contributed by atoms with E-state index < -0.39 is 30.2 Å². The van der Waals surface area contributed by atoms with Gasteiger partial charge >= 0.3 is 0 Å². The summed E-state index contributed by atoms with van der Waals surface area (Å²) in [5, 5.41) is 4.12. The molecule has 2 fully saturated rings. The molecule has 0 unspecified atom stereocenters. The van der Waals surface area contributed by atoms with Crippen LogP contribution in [0.4, 0.5) is 8.78 Å². The van der Waals surface area contributed by atoms with E-state index in [9.17, 15) is 18.4 Å². The molecule has 1 spiro atoms. The molecule has 1 aromatic rings. The highest BCUT2D eigenvalue weighted by Crippen LogP contribution is 2.45. The van der Waals surface area contributed by atoms with Crippen molar-refractivity contribution in [3.63, 3.8) is 0 Å². The van der Waals surface area contributed by atoms with Gasteiger partial charge in [0.05, 0.1) is 24.1 Å². The summed E-state index contributed by atoms with van der Waals surface area (Å²) in [5.41, 5.74) is -0.601. The van der Waals surface area contributed by atoms with E-state index in [4.69, 9.17) is 0 Å². The molecule has 3 heterocycles. The number of carbonyl (C=O) groups is 2. The van der Waals surface area contributed by atoms with E-state index in [0.717, 1.165) is 4.90 Å². The van der Waals surface area contributed by atoms with Crippen LogP contribution >= 0.6 is 0 Å². The molecule has 6 nitrogen and oxygen atoms in total. The molecule has 8 heteroatoms. The monoisotopic (exact) mass is 340 g/mol. The third-order valence-electron chi connectivity index (χ3n) is 4.95. The first kappa shape index (κ1) is 16.9. The summed E-state index contributed by atoms with van der Waals surface area (Å²) < 4.78 is 30.1. The Kier molecular flexibility index (Phi) is 4.09. The predicted octanol–water partition coefficient (Wildman–Crippen LogP) is 1.07. The number of aryl methyl sites for hydroxylation is 1. The summed E-state index contributed by atoms with van der Waals surface area (Å²) in [6.45, 7) is 2.27. The van der Waals surface area contributed by atoms with Gasteiger partial charge in [-0.1, -0.05) is 0 Å². The van der Waals surface area contributed by atoms with Crippen molar-refractivity contribution in [1.82, 2.24) is 19.6 Å². The van der Waals surface area contributed by atoms with Crippen LogP contribution in [-0.2, 0) is 23.1 Å². The number of halogens is 2. The highest BCUT2D eigenvalue weighted by molar-refractivity contribution is 5.87. The van der Waals surface area contributed by atoms with E-state index in [0.29, 0.717) is 25.2 Å². The van der Waals surface area contributed by atoms with Crippen molar-refractivity contribution < 1.29 is 18.4 Å². The number of rotatable bonds is 3. The number of amides is 2. The summed E-state index contributed by atoms with van der Waals surface area (Å²) in [5.74, 6) is -3.70. The first-order valence-electron chi connectivity index (χ1n) is 8.18. The molecule has 1 atom stereocenters. The van der Waals surface area contributed by atoms with E-state index >= 15 is 0 Å². The molecule has 0 saturated carbocycles. The fourth-order valence-electron chi connectivity index (χ4n) is 3.81. The number of aromatic nitrogens is 2. The number of hydrogen-bond donors (Lipinski definition) is 0. The van der Waals surface area contributed by atoms with Crippen LogP contribution < -0.4 is 0 Å². The van der Waals surface area contributed by atoms with Crippen LogP contribution in [0, 0.1) is 5.41 Å². The Morgan fingerprint density at radius 2 is 2.12 bits per heavy atom. The third-order valence-corrected chi connectivity index (χ3v) is 4.95. The van der Waals surface area contributed by atoms with Crippen molar-refractivity contribution in [3.05, 3.63) is 18.0 Å². The Morgan fingerprint density at radius 3 is 2.71 bits per heavy atom. The quantitative estimate of drug-likeness (QED) is 0.827. The highest BCUT2D eigenvalue weighted by atomic mass is 19.3. The molecule has 2 amide bonds. The molecule has 132 valence electrons. The molecule has 3 rings (SSSR count). The molecule has 0 bridgehead atoms. The fourth-order valence-corrected chi connectivity index (χ4v) is 3.81. The molecule has 0 aliphatic carbocycles. The Bertz CT molecular complexity index is 660. The van der Waals surface area contributed by atoms with E-state index in [2.05, 4.69) is 5.10 Å². The lowest BCUT2D eigenvalue weighted by atomic mass is 9.77. The van der Waals surface area contributed by atoms with Crippen LogP contribution in [0.25, 0.3) is 0 Å². The number of piperidine rings is 1. The van der Waals surface area contributed by atoms with Crippen LogP contribution in [0.2, 0.25) is 0 Å². The first-order chi connectivity index (χ1) is 11.2. The maximum atomic E-state index is 14.3. The summed E-state index contributed by atoms with van der Waals surface area (Å²) in [6, 6.07) is 1.69. The SMILES string of the molecule is CCN1CC[C@@]2(CN(C(=O)Cc3ccn(C)n3)CC(F)(F)C2)C1=O. The average molecular weight is 340 g/mol. The maximum absolute atomic E-state index is 14.3. The lowest BCUT2D eigenvalue weighted by Crippen LogP contribution is -2.57. The lowest BCUT2D eigenvalue weighted by Gasteiger charge is -2.42. The second-order valence-corrected chi connectivity index (χ2v) is 6.86. The first-order valence-corrected chi connectivity index (χ1v) is 8.18. The van der Waals surface area contributed by atoms with Gasteiger partial charge in [-0.15, -0.1) is 0 Å². The van der Waals surface area contributed by atoms with Crippen molar-refractivity contribution in [2.75, 3.05) is 26.2 Å². The minimum absolute atomic E-state index is 0.0291. The molecule has 2 saturated heterocycles. The molecule has 0 radical (unpaired) electrons. The molecular weight excluding hydrogens is 318 g/mol. The predicted molar refractivity (Wildman–Crippen MR) is 82.4 cm³/mol. The number of likely N-dealkylation sites (tertiary alicyclic amines) is 2. The van der Waals surface area contributed by atoms with Gasteiger partial charge in [0.25, 0.3) is 5.92 Å². The van der Waals surface area contributed by atoms with Gasteiger partial charge in [-0.2, -0.15) is 5.10 Å². The number of carbonyl (C=O) groups excluding carboxylic acids is 2. The van der Waals surface area contributed by atoms with Gasteiger partial charge in [-0.25, -0.2) is 8.78 Å². The summed E-state index contributed by atoms with van der Waals surface area (Å²) in [6.07, 6.45) is 1.58. The summed E-state index contributed by atoms with van der Waals surface area (Å²) in [4.78, 5) is 27.8. The van der Waals surface area contributed by atoms with Crippen molar-refractivity contribution in [1.29, 1.82) is 0 Å². The molecular formula is C16H22F2N4O2. The topological polar surface area (TPSA) is 58.4 Å². The van der Waals surface area contributed by atoms with E-state index in [1.165, 1.54) is 0 Å². The molecule has 1 aromatic heterocycles. The number of nitrogens with zero attached hydrogens (tertiary/aromatic N) is 4. The Balaban J connectivity index is 1.79. The number of hydrogen-bond acceptors (Lipinski definition) is 3. The van der Waals surface area contributed by atoms with Crippen molar-refractivity contribution in [3.8, 4) is 0 Å². The van der Waals surface area contributed by atoms with Crippen LogP contribution in [0.15, 0.2) is 12.3 Å². The standard InChI is InChI=1S/C16H22F2N4O2/c1-3-21-7-5-15(14(21)24)9-16(17,18)11-22(10-15)13(23)8-12-4-6-20(2)19-12/h4,6H,3,5,7-11H2,1-2H3/t15-/m1/s1. The zero-order valence-corrected chi connectivity index (χ0v) is 14.0. The van der Waals surface area contributed by atoms with Crippen LogP contribution in [0.3, 0.4) is 0 Å². The minimum atomic E-state index is -3.04. The van der Waals surface area contributed by atoms with Gasteiger partial charge in [-0.05, 0) is 19.4 Å². The average Bonchev–Trinajstić information content (AvgIpc) is 3.02.